The molecule has 0 radical (unpaired) electrons. The van der Waals surface area contributed by atoms with E-state index >= 15 is 0 Å². The molecule has 2 aliphatic heterocycles. The lowest BCUT2D eigenvalue weighted by Crippen LogP contribution is -2.42. The summed E-state index contributed by atoms with van der Waals surface area (Å²) in [4.78, 5) is 17.6. The van der Waals surface area contributed by atoms with Gasteiger partial charge in [0.05, 0.1) is 14.2 Å². The molecule has 5 heteroatoms. The predicted octanol–water partition coefficient (Wildman–Crippen LogP) is 2.71. The molecule has 1 aromatic carbocycles. The summed E-state index contributed by atoms with van der Waals surface area (Å²) < 4.78 is 10.8. The Morgan fingerprint density at radius 2 is 1.71 bits per heavy atom. The number of benzene rings is 1. The van der Waals surface area contributed by atoms with Crippen LogP contribution in [-0.2, 0) is 0 Å². The molecule has 5 nitrogen and oxygen atoms in total. The van der Waals surface area contributed by atoms with Crippen LogP contribution in [0.5, 0.6) is 11.5 Å². The lowest BCUT2D eigenvalue weighted by molar-refractivity contribution is 0.0708. The van der Waals surface area contributed by atoms with Gasteiger partial charge in [-0.15, -0.1) is 0 Å². The van der Waals surface area contributed by atoms with Gasteiger partial charge in [-0.25, -0.2) is 0 Å². The minimum atomic E-state index is 0.0910. The molecule has 0 bridgehead atoms. The second-order valence-electron chi connectivity index (χ2n) is 6.81. The Balaban J connectivity index is 1.79. The Bertz CT molecular complexity index is 571. The van der Waals surface area contributed by atoms with Gasteiger partial charge in [-0.2, -0.15) is 0 Å². The van der Waals surface area contributed by atoms with Crippen LogP contribution in [0.2, 0.25) is 0 Å². The molecule has 132 valence electrons. The van der Waals surface area contributed by atoms with Gasteiger partial charge in [0.15, 0.2) is 0 Å². The van der Waals surface area contributed by atoms with Crippen molar-refractivity contribution in [1.82, 2.24) is 9.80 Å². The first kappa shape index (κ1) is 17.1. The van der Waals surface area contributed by atoms with Crippen LogP contribution in [-0.4, -0.2) is 62.1 Å². The van der Waals surface area contributed by atoms with Crippen molar-refractivity contribution in [3.8, 4) is 11.5 Å². The number of hydrogen-bond acceptors (Lipinski definition) is 4. The molecule has 0 N–H and O–H groups in total. The smallest absolute Gasteiger partial charge is 0.254 e. The zero-order valence-corrected chi connectivity index (χ0v) is 15.0. The summed E-state index contributed by atoms with van der Waals surface area (Å²) in [6.45, 7) is 6.13. The topological polar surface area (TPSA) is 42.0 Å². The summed E-state index contributed by atoms with van der Waals surface area (Å²) in [5.74, 6) is 1.49. The van der Waals surface area contributed by atoms with Gasteiger partial charge in [-0.3, -0.25) is 4.79 Å². The molecule has 0 aromatic heterocycles. The zero-order valence-electron chi connectivity index (χ0n) is 15.0. The number of methoxy groups -OCH3 is 2. The van der Waals surface area contributed by atoms with E-state index < -0.39 is 0 Å². The van der Waals surface area contributed by atoms with Crippen LogP contribution in [0.15, 0.2) is 12.1 Å². The first-order valence-electron chi connectivity index (χ1n) is 8.90. The predicted molar refractivity (Wildman–Crippen MR) is 94.0 cm³/mol. The monoisotopic (exact) mass is 332 g/mol. The minimum absolute atomic E-state index is 0.0910. The number of hydrogen-bond donors (Lipinski definition) is 0. The normalized spacial score (nSPS) is 21.3. The highest BCUT2D eigenvalue weighted by Gasteiger charge is 2.32. The number of carbonyl (C=O) groups excluding carboxylic acids is 1. The van der Waals surface area contributed by atoms with E-state index in [9.17, 15) is 4.79 Å². The Labute approximate surface area is 144 Å². The molecule has 1 aromatic rings. The lowest BCUT2D eigenvalue weighted by Gasteiger charge is -2.29. The van der Waals surface area contributed by atoms with Crippen molar-refractivity contribution < 1.29 is 14.3 Å². The standard InChI is InChI=1S/C19H28N2O3/c1-14-17(23-2)11-15(12-18(14)24-3)19(22)21-10-6-7-16(21)13-20-8-4-5-9-20/h11-12,16H,4-10,13H2,1-3H3. The van der Waals surface area contributed by atoms with E-state index in [0.29, 0.717) is 23.1 Å². The summed E-state index contributed by atoms with van der Waals surface area (Å²) in [6, 6.07) is 4.01. The van der Waals surface area contributed by atoms with Gasteiger partial charge < -0.3 is 19.3 Å². The molecule has 24 heavy (non-hydrogen) atoms. The van der Waals surface area contributed by atoms with Crippen LogP contribution in [0.1, 0.15) is 41.6 Å². The van der Waals surface area contributed by atoms with E-state index in [1.54, 1.807) is 14.2 Å². The molecule has 2 heterocycles. The fraction of sp³-hybridized carbons (Fsp3) is 0.632. The average molecular weight is 332 g/mol. The maximum atomic E-state index is 13.1. The average Bonchev–Trinajstić information content (AvgIpc) is 3.27. The third-order valence-electron chi connectivity index (χ3n) is 5.30. The van der Waals surface area contributed by atoms with Gasteiger partial charge in [-0.1, -0.05) is 0 Å². The molecule has 0 spiro atoms. The summed E-state index contributed by atoms with van der Waals surface area (Å²) >= 11 is 0. The fourth-order valence-electron chi connectivity index (χ4n) is 3.93. The van der Waals surface area contributed by atoms with E-state index in [2.05, 4.69) is 4.90 Å². The summed E-state index contributed by atoms with van der Waals surface area (Å²) in [5.41, 5.74) is 1.58. The number of likely N-dealkylation sites (tertiary alicyclic amines) is 2. The van der Waals surface area contributed by atoms with Crippen LogP contribution in [0.25, 0.3) is 0 Å². The molecule has 3 rings (SSSR count). The molecular formula is C19H28N2O3. The number of amides is 1. The summed E-state index contributed by atoms with van der Waals surface area (Å²) in [5, 5.41) is 0. The first-order valence-corrected chi connectivity index (χ1v) is 8.90. The molecule has 1 atom stereocenters. The lowest BCUT2D eigenvalue weighted by atomic mass is 10.1. The highest BCUT2D eigenvalue weighted by atomic mass is 16.5. The Morgan fingerprint density at radius 1 is 1.08 bits per heavy atom. The number of nitrogens with zero attached hydrogens (tertiary/aromatic N) is 2. The molecule has 2 saturated heterocycles. The third kappa shape index (κ3) is 3.36. The van der Waals surface area contributed by atoms with Crippen LogP contribution in [0.3, 0.4) is 0 Å². The Morgan fingerprint density at radius 3 is 2.29 bits per heavy atom. The largest absolute Gasteiger partial charge is 0.496 e. The highest BCUT2D eigenvalue weighted by Crippen LogP contribution is 2.31. The second-order valence-corrected chi connectivity index (χ2v) is 6.81. The van der Waals surface area contributed by atoms with Crippen molar-refractivity contribution >= 4 is 5.91 Å². The van der Waals surface area contributed by atoms with Crippen molar-refractivity contribution in [1.29, 1.82) is 0 Å². The van der Waals surface area contributed by atoms with Gasteiger partial charge in [0.1, 0.15) is 11.5 Å². The number of ether oxygens (including phenoxy) is 2. The zero-order chi connectivity index (χ0) is 17.1. The summed E-state index contributed by atoms with van der Waals surface area (Å²) in [7, 11) is 3.25. The SMILES string of the molecule is COc1cc(C(=O)N2CCCC2CN2CCCC2)cc(OC)c1C. The molecule has 2 fully saturated rings. The van der Waals surface area contributed by atoms with E-state index in [0.717, 1.165) is 31.5 Å². The summed E-state index contributed by atoms with van der Waals surface area (Å²) in [6.07, 6.45) is 4.76. The maximum Gasteiger partial charge on any atom is 0.254 e. The quantitative estimate of drug-likeness (QED) is 0.831. The van der Waals surface area contributed by atoms with Crippen molar-refractivity contribution in [3.05, 3.63) is 23.3 Å². The molecule has 1 amide bonds. The van der Waals surface area contributed by atoms with Crippen molar-refractivity contribution in [2.45, 2.75) is 38.6 Å². The third-order valence-corrected chi connectivity index (χ3v) is 5.30. The molecular weight excluding hydrogens is 304 g/mol. The van der Waals surface area contributed by atoms with Crippen molar-refractivity contribution in [2.24, 2.45) is 0 Å². The number of carbonyl (C=O) groups is 1. The molecule has 1 unspecified atom stereocenters. The van der Waals surface area contributed by atoms with Crippen LogP contribution >= 0.6 is 0 Å². The van der Waals surface area contributed by atoms with E-state index in [1.165, 1.54) is 25.9 Å². The van der Waals surface area contributed by atoms with Crippen LogP contribution < -0.4 is 9.47 Å². The van der Waals surface area contributed by atoms with Gasteiger partial charge >= 0.3 is 0 Å². The molecule has 2 aliphatic rings. The molecule has 0 saturated carbocycles. The Kier molecular flexibility index (Phi) is 5.29. The number of rotatable bonds is 5. The van der Waals surface area contributed by atoms with Gasteiger partial charge in [-0.05, 0) is 57.8 Å². The highest BCUT2D eigenvalue weighted by molar-refractivity contribution is 5.95. The van der Waals surface area contributed by atoms with E-state index in [4.69, 9.17) is 9.47 Å². The van der Waals surface area contributed by atoms with E-state index in [1.807, 2.05) is 24.0 Å². The van der Waals surface area contributed by atoms with Gasteiger partial charge in [0, 0.05) is 30.3 Å². The van der Waals surface area contributed by atoms with Gasteiger partial charge in [0.25, 0.3) is 5.91 Å². The van der Waals surface area contributed by atoms with Crippen LogP contribution in [0, 0.1) is 6.92 Å². The van der Waals surface area contributed by atoms with Crippen molar-refractivity contribution in [3.63, 3.8) is 0 Å². The molecule has 0 aliphatic carbocycles. The Hall–Kier alpha value is -1.75. The van der Waals surface area contributed by atoms with E-state index in [-0.39, 0.29) is 5.91 Å². The van der Waals surface area contributed by atoms with Gasteiger partial charge in [0.2, 0.25) is 0 Å². The second kappa shape index (κ2) is 7.43. The van der Waals surface area contributed by atoms with Crippen LogP contribution in [0.4, 0.5) is 0 Å². The fourth-order valence-corrected chi connectivity index (χ4v) is 3.93. The van der Waals surface area contributed by atoms with Crippen molar-refractivity contribution in [2.75, 3.05) is 40.4 Å². The maximum absolute atomic E-state index is 13.1. The first-order chi connectivity index (χ1) is 11.6. The minimum Gasteiger partial charge on any atom is -0.496 e.